The smallest absolute Gasteiger partial charge is 0.116 e. The van der Waals surface area contributed by atoms with Crippen LogP contribution in [0.1, 0.15) is 6.92 Å². The van der Waals surface area contributed by atoms with Gasteiger partial charge in [-0.3, -0.25) is 0 Å². The Balaban J connectivity index is 2.67. The molecule has 1 aliphatic rings. The van der Waals surface area contributed by atoms with Crippen LogP contribution in [0.15, 0.2) is 0 Å². The van der Waals surface area contributed by atoms with Crippen LogP contribution in [-0.2, 0) is 9.47 Å². The standard InChI is InChI=1S/C10H16O5/c1-3-4-14-10-8(12)6(2)15-7(5-11)9(10)13/h1,6-13H,4-5H2,2H3. The molecule has 0 aromatic heterocycles. The fourth-order valence-electron chi connectivity index (χ4n) is 1.61. The van der Waals surface area contributed by atoms with E-state index in [1.54, 1.807) is 6.92 Å². The van der Waals surface area contributed by atoms with Gasteiger partial charge in [0.2, 0.25) is 0 Å². The summed E-state index contributed by atoms with van der Waals surface area (Å²) in [5.74, 6) is 2.26. The van der Waals surface area contributed by atoms with Gasteiger partial charge in [0, 0.05) is 0 Å². The lowest BCUT2D eigenvalue weighted by Gasteiger charge is -2.40. The first-order valence-electron chi connectivity index (χ1n) is 4.79. The summed E-state index contributed by atoms with van der Waals surface area (Å²) in [7, 11) is 0. The lowest BCUT2D eigenvalue weighted by Crippen LogP contribution is -2.58. The molecule has 1 heterocycles. The van der Waals surface area contributed by atoms with Crippen molar-refractivity contribution < 1.29 is 24.8 Å². The van der Waals surface area contributed by atoms with E-state index in [9.17, 15) is 10.2 Å². The van der Waals surface area contributed by atoms with E-state index in [1.807, 2.05) is 0 Å². The molecule has 5 atom stereocenters. The Morgan fingerprint density at radius 3 is 2.60 bits per heavy atom. The number of terminal acetylenes is 1. The Morgan fingerprint density at radius 1 is 1.40 bits per heavy atom. The predicted octanol–water partition coefficient (Wildman–Crippen LogP) is -1.49. The van der Waals surface area contributed by atoms with Crippen molar-refractivity contribution in [2.45, 2.75) is 37.4 Å². The fourth-order valence-corrected chi connectivity index (χ4v) is 1.61. The zero-order valence-corrected chi connectivity index (χ0v) is 8.54. The van der Waals surface area contributed by atoms with Gasteiger partial charge < -0.3 is 24.8 Å². The van der Waals surface area contributed by atoms with Crippen LogP contribution in [0.2, 0.25) is 0 Å². The third-order valence-corrected chi connectivity index (χ3v) is 2.46. The second-order valence-corrected chi connectivity index (χ2v) is 3.52. The van der Waals surface area contributed by atoms with Crippen LogP contribution in [0.4, 0.5) is 0 Å². The summed E-state index contributed by atoms with van der Waals surface area (Å²) in [6.45, 7) is 1.32. The quantitative estimate of drug-likeness (QED) is 0.501. The molecular formula is C10H16O5. The van der Waals surface area contributed by atoms with Gasteiger partial charge in [0.25, 0.3) is 0 Å². The van der Waals surface area contributed by atoms with Crippen molar-refractivity contribution in [3.05, 3.63) is 0 Å². The van der Waals surface area contributed by atoms with Gasteiger partial charge in [-0.1, -0.05) is 5.92 Å². The first-order valence-corrected chi connectivity index (χ1v) is 4.79. The van der Waals surface area contributed by atoms with Gasteiger partial charge in [0.15, 0.2) is 0 Å². The molecule has 1 saturated heterocycles. The maximum atomic E-state index is 9.70. The molecule has 0 bridgehead atoms. The van der Waals surface area contributed by atoms with E-state index in [1.165, 1.54) is 0 Å². The Kier molecular flexibility index (Phi) is 4.51. The normalized spacial score (nSPS) is 41.1. The van der Waals surface area contributed by atoms with Crippen molar-refractivity contribution in [1.82, 2.24) is 0 Å². The van der Waals surface area contributed by atoms with Gasteiger partial charge in [0.05, 0.1) is 12.7 Å². The highest BCUT2D eigenvalue weighted by molar-refractivity contribution is 4.93. The summed E-state index contributed by atoms with van der Waals surface area (Å²) >= 11 is 0. The monoisotopic (exact) mass is 216 g/mol. The summed E-state index contributed by atoms with van der Waals surface area (Å²) in [4.78, 5) is 0. The highest BCUT2D eigenvalue weighted by Gasteiger charge is 2.42. The zero-order chi connectivity index (χ0) is 11.4. The summed E-state index contributed by atoms with van der Waals surface area (Å²) < 4.78 is 10.3. The molecule has 1 aliphatic heterocycles. The summed E-state index contributed by atoms with van der Waals surface area (Å²) in [5, 5.41) is 28.3. The molecule has 5 unspecified atom stereocenters. The maximum absolute atomic E-state index is 9.70. The van der Waals surface area contributed by atoms with E-state index in [4.69, 9.17) is 21.0 Å². The van der Waals surface area contributed by atoms with Crippen LogP contribution in [-0.4, -0.2) is 59.1 Å². The minimum Gasteiger partial charge on any atom is -0.394 e. The van der Waals surface area contributed by atoms with Crippen molar-refractivity contribution in [2.75, 3.05) is 13.2 Å². The van der Waals surface area contributed by atoms with Crippen LogP contribution >= 0.6 is 0 Å². The van der Waals surface area contributed by atoms with Crippen LogP contribution in [0.3, 0.4) is 0 Å². The third kappa shape index (κ3) is 2.68. The largest absolute Gasteiger partial charge is 0.394 e. The fraction of sp³-hybridized carbons (Fsp3) is 0.800. The lowest BCUT2D eigenvalue weighted by atomic mass is 9.96. The molecule has 0 aromatic carbocycles. The summed E-state index contributed by atoms with van der Waals surface area (Å²) in [5.41, 5.74) is 0. The first-order chi connectivity index (χ1) is 7.11. The van der Waals surface area contributed by atoms with Crippen molar-refractivity contribution in [3.8, 4) is 12.3 Å². The van der Waals surface area contributed by atoms with E-state index in [-0.39, 0.29) is 13.2 Å². The second kappa shape index (κ2) is 5.45. The van der Waals surface area contributed by atoms with E-state index in [0.717, 1.165) is 0 Å². The molecule has 86 valence electrons. The van der Waals surface area contributed by atoms with Gasteiger partial charge in [-0.2, -0.15) is 0 Å². The van der Waals surface area contributed by atoms with Crippen LogP contribution in [0.25, 0.3) is 0 Å². The van der Waals surface area contributed by atoms with E-state index >= 15 is 0 Å². The van der Waals surface area contributed by atoms with Crippen molar-refractivity contribution in [3.63, 3.8) is 0 Å². The Labute approximate surface area is 88.6 Å². The number of ether oxygens (including phenoxy) is 2. The van der Waals surface area contributed by atoms with E-state index < -0.39 is 30.5 Å². The molecule has 0 radical (unpaired) electrons. The van der Waals surface area contributed by atoms with Gasteiger partial charge >= 0.3 is 0 Å². The summed E-state index contributed by atoms with van der Waals surface area (Å²) in [6, 6.07) is 0. The van der Waals surface area contributed by atoms with Crippen LogP contribution < -0.4 is 0 Å². The average Bonchev–Trinajstić information content (AvgIpc) is 2.23. The molecular weight excluding hydrogens is 200 g/mol. The topological polar surface area (TPSA) is 79.2 Å². The van der Waals surface area contributed by atoms with Crippen molar-refractivity contribution in [2.24, 2.45) is 0 Å². The van der Waals surface area contributed by atoms with E-state index in [0.29, 0.717) is 0 Å². The molecule has 5 heteroatoms. The van der Waals surface area contributed by atoms with Gasteiger partial charge in [0.1, 0.15) is 31.0 Å². The molecule has 1 rings (SSSR count). The van der Waals surface area contributed by atoms with Crippen molar-refractivity contribution >= 4 is 0 Å². The number of hydrogen-bond acceptors (Lipinski definition) is 5. The van der Waals surface area contributed by atoms with Crippen LogP contribution in [0, 0.1) is 12.3 Å². The zero-order valence-electron chi connectivity index (χ0n) is 8.54. The molecule has 0 spiro atoms. The number of hydrogen-bond donors (Lipinski definition) is 3. The molecule has 0 aliphatic carbocycles. The highest BCUT2D eigenvalue weighted by atomic mass is 16.6. The third-order valence-electron chi connectivity index (χ3n) is 2.46. The number of aliphatic hydroxyl groups excluding tert-OH is 3. The number of aliphatic hydroxyl groups is 3. The first kappa shape index (κ1) is 12.4. The van der Waals surface area contributed by atoms with Crippen LogP contribution in [0.5, 0.6) is 0 Å². The van der Waals surface area contributed by atoms with E-state index in [2.05, 4.69) is 5.92 Å². The summed E-state index contributed by atoms with van der Waals surface area (Å²) in [6.07, 6.45) is 0.929. The molecule has 1 fully saturated rings. The molecule has 0 aromatic rings. The minimum atomic E-state index is -1.07. The Bertz CT molecular complexity index is 236. The Morgan fingerprint density at radius 2 is 2.07 bits per heavy atom. The maximum Gasteiger partial charge on any atom is 0.116 e. The van der Waals surface area contributed by atoms with Gasteiger partial charge in [-0.05, 0) is 6.92 Å². The molecule has 0 saturated carbocycles. The molecule has 5 nitrogen and oxygen atoms in total. The SMILES string of the molecule is C#CCOC1C(O)C(C)OC(CO)C1O. The predicted molar refractivity (Wildman–Crippen MR) is 52.0 cm³/mol. The molecule has 15 heavy (non-hydrogen) atoms. The average molecular weight is 216 g/mol. The van der Waals surface area contributed by atoms with Gasteiger partial charge in [-0.25, -0.2) is 0 Å². The molecule has 0 amide bonds. The van der Waals surface area contributed by atoms with Crippen molar-refractivity contribution in [1.29, 1.82) is 0 Å². The minimum absolute atomic E-state index is 0.00363. The van der Waals surface area contributed by atoms with Gasteiger partial charge in [-0.15, -0.1) is 6.42 Å². The number of rotatable bonds is 3. The lowest BCUT2D eigenvalue weighted by molar-refractivity contribution is -0.234. The second-order valence-electron chi connectivity index (χ2n) is 3.52. The Hall–Kier alpha value is -0.640. The molecule has 3 N–H and O–H groups in total. The highest BCUT2D eigenvalue weighted by Crippen LogP contribution is 2.22.